The molecule has 8 heteroatoms. The van der Waals surface area contributed by atoms with Gasteiger partial charge in [0.05, 0.1) is 12.7 Å². The molecule has 0 spiro atoms. The van der Waals surface area contributed by atoms with Crippen molar-refractivity contribution in [1.29, 1.82) is 0 Å². The van der Waals surface area contributed by atoms with E-state index in [1.54, 1.807) is 6.92 Å². The molecule has 0 amide bonds. The molecule has 0 aromatic carbocycles. The highest BCUT2D eigenvalue weighted by atomic mass is 32.2. The maximum atomic E-state index is 12.2. The fourth-order valence-electron chi connectivity index (χ4n) is 2.41. The van der Waals surface area contributed by atoms with Gasteiger partial charge >= 0.3 is 5.97 Å². The van der Waals surface area contributed by atoms with Gasteiger partial charge in [0.1, 0.15) is 6.04 Å². The second-order valence-electron chi connectivity index (χ2n) is 5.66. The third kappa shape index (κ3) is 5.54. The molecule has 2 unspecified atom stereocenters. The van der Waals surface area contributed by atoms with Gasteiger partial charge in [-0.05, 0) is 32.1 Å². The minimum absolute atomic E-state index is 0.0490. The Morgan fingerprint density at radius 1 is 1.48 bits per heavy atom. The summed E-state index contributed by atoms with van der Waals surface area (Å²) in [4.78, 5) is 11.8. The number of carbonyl (C=O) groups excluding carboxylic acids is 1. The average Bonchev–Trinajstić information content (AvgIpc) is 2.86. The topological polar surface area (TPSA) is 95.9 Å². The van der Waals surface area contributed by atoms with Crippen molar-refractivity contribution in [2.45, 2.75) is 52.2 Å². The first kappa shape index (κ1) is 18.3. The van der Waals surface area contributed by atoms with Crippen molar-refractivity contribution in [3.05, 3.63) is 0 Å². The van der Waals surface area contributed by atoms with Crippen LogP contribution in [0, 0.1) is 5.92 Å². The van der Waals surface area contributed by atoms with Crippen LogP contribution in [0.1, 0.15) is 40.0 Å². The second kappa shape index (κ2) is 8.07. The molecule has 2 N–H and O–H groups in total. The summed E-state index contributed by atoms with van der Waals surface area (Å²) in [5.41, 5.74) is 0. The van der Waals surface area contributed by atoms with E-state index in [-0.39, 0.29) is 19.1 Å². The molecule has 1 saturated heterocycles. The van der Waals surface area contributed by atoms with Crippen molar-refractivity contribution < 1.29 is 23.1 Å². The Morgan fingerprint density at radius 2 is 2.14 bits per heavy atom. The number of aliphatic hydroxyl groups is 1. The highest BCUT2D eigenvalue weighted by molar-refractivity contribution is 7.87. The van der Waals surface area contributed by atoms with Crippen LogP contribution in [0.4, 0.5) is 0 Å². The summed E-state index contributed by atoms with van der Waals surface area (Å²) in [5.74, 6) is -0.230. The molecule has 124 valence electrons. The summed E-state index contributed by atoms with van der Waals surface area (Å²) in [6.45, 7) is 6.06. The van der Waals surface area contributed by atoms with E-state index in [1.165, 1.54) is 0 Å². The fourth-order valence-corrected chi connectivity index (χ4v) is 3.88. The molecule has 0 aromatic rings. The van der Waals surface area contributed by atoms with Gasteiger partial charge in [0.15, 0.2) is 0 Å². The van der Waals surface area contributed by atoms with Crippen LogP contribution >= 0.6 is 0 Å². The first-order valence-electron chi connectivity index (χ1n) is 7.39. The highest BCUT2D eigenvalue weighted by Crippen LogP contribution is 2.21. The third-order valence-electron chi connectivity index (χ3n) is 3.32. The van der Waals surface area contributed by atoms with Crippen molar-refractivity contribution in [2.24, 2.45) is 5.92 Å². The molecule has 1 aliphatic heterocycles. The molecular weight excluding hydrogens is 296 g/mol. The van der Waals surface area contributed by atoms with Crippen molar-refractivity contribution >= 4 is 16.2 Å². The predicted octanol–water partition coefficient (Wildman–Crippen LogP) is 0.255. The lowest BCUT2D eigenvalue weighted by Crippen LogP contribution is -2.48. The Kier molecular flexibility index (Phi) is 7.05. The fraction of sp³-hybridized carbons (Fsp3) is 0.923. The lowest BCUT2D eigenvalue weighted by molar-refractivity contribution is -0.146. The number of nitrogens with zero attached hydrogens (tertiary/aromatic N) is 1. The maximum Gasteiger partial charge on any atom is 0.324 e. The van der Waals surface area contributed by atoms with Crippen molar-refractivity contribution in [2.75, 3.05) is 19.7 Å². The Hall–Kier alpha value is -0.700. The normalized spacial score (nSPS) is 21.7. The molecule has 1 rings (SSSR count). The summed E-state index contributed by atoms with van der Waals surface area (Å²) in [6.07, 6.45) is 0.875. The third-order valence-corrected chi connectivity index (χ3v) is 4.90. The quantitative estimate of drug-likeness (QED) is 0.625. The number of hydrogen-bond donors (Lipinski definition) is 2. The molecule has 2 atom stereocenters. The number of carbonyl (C=O) groups is 1. The number of aliphatic hydroxyl groups excluding tert-OH is 1. The van der Waals surface area contributed by atoms with Crippen LogP contribution in [0.3, 0.4) is 0 Å². The summed E-state index contributed by atoms with van der Waals surface area (Å²) < 4.78 is 32.9. The highest BCUT2D eigenvalue weighted by Gasteiger charge is 2.39. The van der Waals surface area contributed by atoms with Crippen LogP contribution in [0.15, 0.2) is 0 Å². The number of rotatable bonds is 8. The zero-order valence-electron chi connectivity index (χ0n) is 12.9. The van der Waals surface area contributed by atoms with Gasteiger partial charge in [-0.1, -0.05) is 13.8 Å². The van der Waals surface area contributed by atoms with E-state index in [2.05, 4.69) is 4.72 Å². The van der Waals surface area contributed by atoms with Gasteiger partial charge in [-0.15, -0.1) is 0 Å². The lowest BCUT2D eigenvalue weighted by atomic mass is 10.1. The summed E-state index contributed by atoms with van der Waals surface area (Å²) in [5, 5.41) is 9.75. The molecule has 0 aliphatic carbocycles. The predicted molar refractivity (Wildman–Crippen MR) is 78.7 cm³/mol. The lowest BCUT2D eigenvalue weighted by Gasteiger charge is -2.23. The van der Waals surface area contributed by atoms with Gasteiger partial charge in [-0.3, -0.25) is 4.79 Å². The van der Waals surface area contributed by atoms with Crippen LogP contribution in [0.2, 0.25) is 0 Å². The van der Waals surface area contributed by atoms with Crippen LogP contribution in [0.25, 0.3) is 0 Å². The van der Waals surface area contributed by atoms with Crippen molar-refractivity contribution in [3.8, 4) is 0 Å². The second-order valence-corrected chi connectivity index (χ2v) is 7.37. The van der Waals surface area contributed by atoms with Gasteiger partial charge in [-0.2, -0.15) is 17.4 Å². The molecule has 7 nitrogen and oxygen atoms in total. The van der Waals surface area contributed by atoms with E-state index in [1.807, 2.05) is 13.8 Å². The van der Waals surface area contributed by atoms with E-state index >= 15 is 0 Å². The average molecular weight is 322 g/mol. The standard InChI is InChI=1S/C13H26N2O5S/c1-4-20-13(17)12-6-5-7-15(12)21(18,19)14-9-11(16)8-10(2)3/h10-12,14,16H,4-9H2,1-3H3. The number of ether oxygens (including phenoxy) is 1. The number of esters is 1. The van der Waals surface area contributed by atoms with E-state index in [9.17, 15) is 18.3 Å². The summed E-state index contributed by atoms with van der Waals surface area (Å²) in [7, 11) is -3.78. The largest absolute Gasteiger partial charge is 0.465 e. The molecule has 21 heavy (non-hydrogen) atoms. The molecule has 1 heterocycles. The molecule has 0 aromatic heterocycles. The number of nitrogens with one attached hydrogen (secondary N) is 1. The van der Waals surface area contributed by atoms with Gasteiger partial charge in [0, 0.05) is 13.1 Å². The molecular formula is C13H26N2O5S. The van der Waals surface area contributed by atoms with Gasteiger partial charge in [0.2, 0.25) is 0 Å². The zero-order valence-corrected chi connectivity index (χ0v) is 13.7. The molecule has 0 saturated carbocycles. The Morgan fingerprint density at radius 3 is 2.71 bits per heavy atom. The van der Waals surface area contributed by atoms with E-state index in [0.29, 0.717) is 25.8 Å². The minimum Gasteiger partial charge on any atom is -0.465 e. The summed E-state index contributed by atoms with van der Waals surface area (Å²) in [6, 6.07) is -0.760. The van der Waals surface area contributed by atoms with Crippen molar-refractivity contribution in [1.82, 2.24) is 9.03 Å². The molecule has 0 radical (unpaired) electrons. The van der Waals surface area contributed by atoms with E-state index < -0.39 is 28.3 Å². The smallest absolute Gasteiger partial charge is 0.324 e. The minimum atomic E-state index is -3.78. The van der Waals surface area contributed by atoms with E-state index in [0.717, 1.165) is 4.31 Å². The Bertz CT molecular complexity index is 438. The van der Waals surface area contributed by atoms with Crippen LogP contribution in [0.5, 0.6) is 0 Å². The first-order valence-corrected chi connectivity index (χ1v) is 8.83. The SMILES string of the molecule is CCOC(=O)C1CCCN1S(=O)(=O)NCC(O)CC(C)C. The first-order chi connectivity index (χ1) is 9.77. The van der Waals surface area contributed by atoms with Gasteiger partial charge in [0.25, 0.3) is 10.2 Å². The Labute approximate surface area is 126 Å². The van der Waals surface area contributed by atoms with Crippen LogP contribution in [-0.2, 0) is 19.7 Å². The van der Waals surface area contributed by atoms with E-state index in [4.69, 9.17) is 4.74 Å². The monoisotopic (exact) mass is 322 g/mol. The number of hydrogen-bond acceptors (Lipinski definition) is 5. The summed E-state index contributed by atoms with van der Waals surface area (Å²) >= 11 is 0. The molecule has 0 bridgehead atoms. The van der Waals surface area contributed by atoms with Gasteiger partial charge < -0.3 is 9.84 Å². The maximum absolute atomic E-state index is 12.2. The zero-order chi connectivity index (χ0) is 16.0. The Balaban J connectivity index is 2.62. The van der Waals surface area contributed by atoms with Crippen LogP contribution in [-0.4, -0.2) is 55.6 Å². The van der Waals surface area contributed by atoms with Crippen molar-refractivity contribution in [3.63, 3.8) is 0 Å². The molecule has 1 aliphatic rings. The molecule has 1 fully saturated rings. The van der Waals surface area contributed by atoms with Crippen LogP contribution < -0.4 is 4.72 Å². The van der Waals surface area contributed by atoms with Gasteiger partial charge in [-0.25, -0.2) is 0 Å².